The van der Waals surface area contributed by atoms with Crippen molar-refractivity contribution in [3.63, 3.8) is 0 Å². The number of benzene rings is 2. The van der Waals surface area contributed by atoms with Crippen LogP contribution in [0.25, 0.3) is 33.6 Å². The van der Waals surface area contributed by atoms with Crippen molar-refractivity contribution in [1.29, 1.82) is 0 Å². The van der Waals surface area contributed by atoms with Gasteiger partial charge < -0.3 is 19.9 Å². The lowest BCUT2D eigenvalue weighted by Crippen LogP contribution is -2.27. The summed E-state index contributed by atoms with van der Waals surface area (Å²) in [6.45, 7) is 7.21. The number of likely N-dealkylation sites (tertiary alicyclic amines) is 1. The van der Waals surface area contributed by atoms with Crippen molar-refractivity contribution in [2.45, 2.75) is 33.4 Å². The predicted molar refractivity (Wildman–Crippen MR) is 165 cm³/mol. The van der Waals surface area contributed by atoms with E-state index < -0.39 is 0 Å². The minimum absolute atomic E-state index is 0.0847. The monoisotopic (exact) mass is 588 g/mol. The summed E-state index contributed by atoms with van der Waals surface area (Å²) in [5.74, 6) is 0.966. The van der Waals surface area contributed by atoms with Gasteiger partial charge in [-0.15, -0.1) is 0 Å². The van der Waals surface area contributed by atoms with Gasteiger partial charge in [0, 0.05) is 48.3 Å². The molecule has 1 aliphatic heterocycles. The van der Waals surface area contributed by atoms with Gasteiger partial charge in [-0.05, 0) is 38.1 Å². The van der Waals surface area contributed by atoms with Gasteiger partial charge >= 0.3 is 0 Å². The van der Waals surface area contributed by atoms with Gasteiger partial charge in [0.1, 0.15) is 11.4 Å². The molecule has 0 radical (unpaired) electrons. The molecule has 3 heterocycles. The van der Waals surface area contributed by atoms with E-state index in [1.54, 1.807) is 26.6 Å². The van der Waals surface area contributed by atoms with Gasteiger partial charge in [-0.1, -0.05) is 54.9 Å². The first-order chi connectivity index (χ1) is 20.3. The van der Waals surface area contributed by atoms with Gasteiger partial charge in [-0.25, -0.2) is 9.97 Å². The third-order valence-electron chi connectivity index (χ3n) is 7.92. The number of nitrogens with one attached hydrogen (secondary N) is 1. The Morgan fingerprint density at radius 1 is 0.929 bits per heavy atom. The Hall–Kier alpha value is -3.63. The first kappa shape index (κ1) is 29.8. The van der Waals surface area contributed by atoms with E-state index >= 15 is 0 Å². The van der Waals surface area contributed by atoms with Crippen molar-refractivity contribution in [3.05, 3.63) is 70.8 Å². The van der Waals surface area contributed by atoms with Crippen molar-refractivity contribution in [1.82, 2.24) is 30.2 Å². The number of hydrogen-bond donors (Lipinski definition) is 2. The lowest BCUT2D eigenvalue weighted by molar-refractivity contribution is 0.143. The fourth-order valence-electron chi connectivity index (χ4n) is 5.52. The second-order valence-electron chi connectivity index (χ2n) is 11.0. The van der Waals surface area contributed by atoms with E-state index in [0.717, 1.165) is 64.4 Å². The largest absolute Gasteiger partial charge is 0.480 e. The van der Waals surface area contributed by atoms with Crippen LogP contribution in [-0.4, -0.2) is 70.9 Å². The van der Waals surface area contributed by atoms with Crippen LogP contribution in [0.5, 0.6) is 11.8 Å². The highest BCUT2D eigenvalue weighted by Gasteiger charge is 2.33. The highest BCUT2D eigenvalue weighted by molar-refractivity contribution is 6.36. The second kappa shape index (κ2) is 12.7. The number of nitrogens with zero attached hydrogens (tertiary/aromatic N) is 5. The molecule has 1 atom stereocenters. The molecule has 1 unspecified atom stereocenters. The maximum Gasteiger partial charge on any atom is 0.237 e. The number of hydrogen-bond acceptors (Lipinski definition) is 9. The van der Waals surface area contributed by atoms with Gasteiger partial charge in [-0.3, -0.25) is 14.9 Å². The summed E-state index contributed by atoms with van der Waals surface area (Å²) in [4.78, 5) is 21.1. The number of rotatable bonds is 10. The standard InChI is InChI=1S/C32H37ClN6O3/c1-20-21(8-6-9-22(20)25-15-35-27(14-34-3)30(37-25)41-4)23-10-7-11-24(29(23)33)26-16-36-28(31(38-26)42-5)17-39-13-12-32(2,18-39)19-40/h6-11,15-16,34,40H,12-14,17-19H2,1-5H3. The van der Waals surface area contributed by atoms with Crippen molar-refractivity contribution in [2.75, 3.05) is 41.0 Å². The van der Waals surface area contributed by atoms with E-state index in [1.807, 2.05) is 37.4 Å². The number of aliphatic hydroxyl groups excluding tert-OH is 1. The lowest BCUT2D eigenvalue weighted by Gasteiger charge is -2.22. The zero-order chi connectivity index (χ0) is 29.9. The maximum atomic E-state index is 9.74. The fourth-order valence-corrected chi connectivity index (χ4v) is 5.85. The average Bonchev–Trinajstić information content (AvgIpc) is 3.39. The second-order valence-corrected chi connectivity index (χ2v) is 11.4. The Kier molecular flexibility index (Phi) is 9.03. The molecule has 1 aliphatic rings. The first-order valence-corrected chi connectivity index (χ1v) is 14.4. The Morgan fingerprint density at radius 2 is 1.52 bits per heavy atom. The zero-order valence-corrected chi connectivity index (χ0v) is 25.5. The quantitative estimate of drug-likeness (QED) is 0.259. The minimum Gasteiger partial charge on any atom is -0.480 e. The summed E-state index contributed by atoms with van der Waals surface area (Å²) >= 11 is 7.08. The Bertz CT molecular complexity index is 1580. The van der Waals surface area contributed by atoms with Gasteiger partial charge in [0.25, 0.3) is 0 Å². The van der Waals surface area contributed by atoms with Crippen molar-refractivity contribution in [3.8, 4) is 45.4 Å². The molecule has 42 heavy (non-hydrogen) atoms. The molecular formula is C32H37ClN6O3. The molecule has 0 bridgehead atoms. The van der Waals surface area contributed by atoms with Crippen LogP contribution in [0, 0.1) is 12.3 Å². The number of aliphatic hydroxyl groups is 1. The molecule has 1 saturated heterocycles. The molecule has 0 amide bonds. The Labute approximate surface area is 251 Å². The molecule has 220 valence electrons. The average molecular weight is 589 g/mol. The van der Waals surface area contributed by atoms with E-state index in [9.17, 15) is 5.11 Å². The third kappa shape index (κ3) is 5.96. The smallest absolute Gasteiger partial charge is 0.237 e. The van der Waals surface area contributed by atoms with E-state index in [4.69, 9.17) is 36.0 Å². The molecule has 2 aromatic heterocycles. The highest BCUT2D eigenvalue weighted by Crippen LogP contribution is 2.40. The van der Waals surface area contributed by atoms with E-state index in [1.165, 1.54) is 0 Å². The van der Waals surface area contributed by atoms with Gasteiger partial charge in [0.15, 0.2) is 0 Å². The molecule has 5 rings (SSSR count). The van der Waals surface area contributed by atoms with Crippen LogP contribution in [0.2, 0.25) is 5.02 Å². The minimum atomic E-state index is -0.0847. The molecule has 0 saturated carbocycles. The van der Waals surface area contributed by atoms with E-state index in [-0.39, 0.29) is 12.0 Å². The summed E-state index contributed by atoms with van der Waals surface area (Å²) in [5.41, 5.74) is 7.38. The van der Waals surface area contributed by atoms with Crippen molar-refractivity contribution < 1.29 is 14.6 Å². The van der Waals surface area contributed by atoms with E-state index in [2.05, 4.69) is 35.1 Å². The molecule has 4 aromatic rings. The molecule has 0 spiro atoms. The molecule has 2 aromatic carbocycles. The van der Waals surface area contributed by atoms with Gasteiger partial charge in [-0.2, -0.15) is 0 Å². The summed E-state index contributed by atoms with van der Waals surface area (Å²) in [7, 11) is 5.07. The number of halogens is 1. The van der Waals surface area contributed by atoms with Crippen LogP contribution in [0.15, 0.2) is 48.8 Å². The van der Waals surface area contributed by atoms with Gasteiger partial charge in [0.2, 0.25) is 11.8 Å². The first-order valence-electron chi connectivity index (χ1n) is 14.0. The van der Waals surface area contributed by atoms with Crippen molar-refractivity contribution in [2.24, 2.45) is 5.41 Å². The van der Waals surface area contributed by atoms with Crippen LogP contribution in [-0.2, 0) is 13.1 Å². The normalized spacial score (nSPS) is 17.0. The van der Waals surface area contributed by atoms with E-state index in [0.29, 0.717) is 35.6 Å². The van der Waals surface area contributed by atoms with Crippen molar-refractivity contribution >= 4 is 11.6 Å². The third-order valence-corrected chi connectivity index (χ3v) is 8.33. The van der Waals surface area contributed by atoms with Crippen LogP contribution in [0.1, 0.15) is 30.3 Å². The summed E-state index contributed by atoms with van der Waals surface area (Å²) in [6.07, 6.45) is 4.47. The molecular weight excluding hydrogens is 552 g/mol. The van der Waals surface area contributed by atoms with Gasteiger partial charge in [0.05, 0.1) is 43.0 Å². The Balaban J connectivity index is 1.47. The molecule has 9 nitrogen and oxygen atoms in total. The Morgan fingerprint density at radius 3 is 2.17 bits per heavy atom. The van der Waals surface area contributed by atoms with Crippen LogP contribution in [0.4, 0.5) is 0 Å². The maximum absolute atomic E-state index is 9.74. The zero-order valence-electron chi connectivity index (χ0n) is 24.7. The fraction of sp³-hybridized carbons (Fsp3) is 0.375. The molecule has 0 aliphatic carbocycles. The topological polar surface area (TPSA) is 106 Å². The number of methoxy groups -OCH3 is 2. The number of aromatic nitrogens is 4. The molecule has 10 heteroatoms. The number of ether oxygens (including phenoxy) is 2. The molecule has 1 fully saturated rings. The predicted octanol–water partition coefficient (Wildman–Crippen LogP) is 5.17. The lowest BCUT2D eigenvalue weighted by atomic mass is 9.91. The summed E-state index contributed by atoms with van der Waals surface area (Å²) in [6, 6.07) is 12.0. The highest BCUT2D eigenvalue weighted by atomic mass is 35.5. The molecule has 2 N–H and O–H groups in total. The SMILES string of the molecule is CNCc1ncc(-c2cccc(-c3cccc(-c4cnc(CN5CCC(C)(CO)C5)c(OC)n4)c3Cl)c2C)nc1OC. The van der Waals surface area contributed by atoms with Crippen LogP contribution < -0.4 is 14.8 Å². The van der Waals surface area contributed by atoms with Crippen LogP contribution in [0.3, 0.4) is 0 Å². The van der Waals surface area contributed by atoms with Crippen LogP contribution >= 0.6 is 11.6 Å². The summed E-state index contributed by atoms with van der Waals surface area (Å²) < 4.78 is 11.2. The summed E-state index contributed by atoms with van der Waals surface area (Å²) in [5, 5.41) is 13.4.